The quantitative estimate of drug-likeness (QED) is 0.802. The number of nitrogens with zero attached hydrogens (tertiary/aromatic N) is 2. The van der Waals surface area contributed by atoms with E-state index in [1.165, 1.54) is 11.3 Å². The number of anilines is 1. The smallest absolute Gasteiger partial charge is 0.196 e. The molecule has 2 unspecified atom stereocenters. The van der Waals surface area contributed by atoms with Gasteiger partial charge in [-0.3, -0.25) is 4.99 Å². The molecule has 2 heterocycles. The van der Waals surface area contributed by atoms with Gasteiger partial charge in [-0.25, -0.2) is 0 Å². The Morgan fingerprint density at radius 3 is 3.05 bits per heavy atom. The van der Waals surface area contributed by atoms with E-state index in [-0.39, 0.29) is 5.54 Å². The first-order valence-electron chi connectivity index (χ1n) is 7.01. The predicted octanol–water partition coefficient (Wildman–Crippen LogP) is 1.50. The summed E-state index contributed by atoms with van der Waals surface area (Å²) in [5, 5.41) is 3.47. The van der Waals surface area contributed by atoms with Crippen LogP contribution in [0.5, 0.6) is 0 Å². The number of aryl methyl sites for hydroxylation is 1. The molecule has 1 fully saturated rings. The molecule has 1 saturated heterocycles. The van der Waals surface area contributed by atoms with E-state index < -0.39 is 0 Å². The molecule has 0 aliphatic carbocycles. The highest BCUT2D eigenvalue weighted by atomic mass is 15.4. The molecule has 4 heteroatoms. The Morgan fingerprint density at radius 2 is 2.32 bits per heavy atom. The maximum atomic E-state index is 6.18. The zero-order valence-electron chi connectivity index (χ0n) is 11.7. The van der Waals surface area contributed by atoms with Gasteiger partial charge in [0.05, 0.1) is 12.1 Å². The summed E-state index contributed by atoms with van der Waals surface area (Å²) >= 11 is 0. The molecule has 1 aromatic rings. The lowest BCUT2D eigenvalue weighted by molar-refractivity contribution is 0.240. The van der Waals surface area contributed by atoms with E-state index in [1.807, 2.05) is 0 Å². The molecule has 102 valence electrons. The second-order valence-electron chi connectivity index (χ2n) is 5.81. The Hall–Kier alpha value is -1.55. The van der Waals surface area contributed by atoms with Gasteiger partial charge in [-0.1, -0.05) is 19.1 Å². The van der Waals surface area contributed by atoms with Crippen molar-refractivity contribution in [3.63, 3.8) is 0 Å². The highest BCUT2D eigenvalue weighted by molar-refractivity contribution is 5.98. The lowest BCUT2D eigenvalue weighted by atomic mass is 9.78. The SMILES string of the molecule is Cc1cccc(N2C(N)=NCC23CCNCC3C)c1. The number of nitrogens with one attached hydrogen (secondary N) is 1. The number of hydrogen-bond donors (Lipinski definition) is 2. The third kappa shape index (κ3) is 1.91. The van der Waals surface area contributed by atoms with Gasteiger partial charge < -0.3 is 16.0 Å². The number of piperidine rings is 1. The van der Waals surface area contributed by atoms with E-state index in [2.05, 4.69) is 53.3 Å². The summed E-state index contributed by atoms with van der Waals surface area (Å²) in [6, 6.07) is 8.54. The first kappa shape index (κ1) is 12.5. The van der Waals surface area contributed by atoms with Crippen LogP contribution in [0.25, 0.3) is 0 Å². The minimum Gasteiger partial charge on any atom is -0.369 e. The Kier molecular flexibility index (Phi) is 2.97. The van der Waals surface area contributed by atoms with Crippen molar-refractivity contribution in [1.29, 1.82) is 0 Å². The summed E-state index contributed by atoms with van der Waals surface area (Å²) in [5.41, 5.74) is 8.67. The minimum absolute atomic E-state index is 0.0587. The molecule has 2 aliphatic heterocycles. The van der Waals surface area contributed by atoms with Crippen LogP contribution in [0.2, 0.25) is 0 Å². The monoisotopic (exact) mass is 258 g/mol. The Balaban J connectivity index is 2.03. The van der Waals surface area contributed by atoms with Crippen molar-refractivity contribution in [1.82, 2.24) is 5.32 Å². The number of aliphatic imine (C=N–C) groups is 1. The Labute approximate surface area is 114 Å². The van der Waals surface area contributed by atoms with Crippen molar-refractivity contribution in [3.8, 4) is 0 Å². The van der Waals surface area contributed by atoms with Gasteiger partial charge in [0, 0.05) is 12.2 Å². The van der Waals surface area contributed by atoms with Gasteiger partial charge in [0.25, 0.3) is 0 Å². The second kappa shape index (κ2) is 4.53. The number of benzene rings is 1. The lowest BCUT2D eigenvalue weighted by Crippen LogP contribution is -2.61. The number of hydrogen-bond acceptors (Lipinski definition) is 4. The molecule has 2 aliphatic rings. The normalized spacial score (nSPS) is 30.7. The van der Waals surface area contributed by atoms with Gasteiger partial charge >= 0.3 is 0 Å². The van der Waals surface area contributed by atoms with E-state index in [0.29, 0.717) is 11.9 Å². The van der Waals surface area contributed by atoms with Crippen LogP contribution in [0.4, 0.5) is 5.69 Å². The molecule has 4 nitrogen and oxygen atoms in total. The van der Waals surface area contributed by atoms with Crippen molar-refractivity contribution in [2.45, 2.75) is 25.8 Å². The molecule has 0 saturated carbocycles. The molecule has 0 amide bonds. The summed E-state index contributed by atoms with van der Waals surface area (Å²) in [4.78, 5) is 6.81. The summed E-state index contributed by atoms with van der Waals surface area (Å²) < 4.78 is 0. The summed E-state index contributed by atoms with van der Waals surface area (Å²) in [5.74, 6) is 1.20. The van der Waals surface area contributed by atoms with Crippen molar-refractivity contribution in [2.24, 2.45) is 16.6 Å². The molecule has 0 bridgehead atoms. The van der Waals surface area contributed by atoms with Crippen molar-refractivity contribution < 1.29 is 0 Å². The molecular formula is C15H22N4. The topological polar surface area (TPSA) is 53.6 Å². The van der Waals surface area contributed by atoms with Crippen LogP contribution >= 0.6 is 0 Å². The van der Waals surface area contributed by atoms with E-state index in [9.17, 15) is 0 Å². The molecule has 0 radical (unpaired) electrons. The van der Waals surface area contributed by atoms with Gasteiger partial charge in [-0.15, -0.1) is 0 Å². The fraction of sp³-hybridized carbons (Fsp3) is 0.533. The van der Waals surface area contributed by atoms with Gasteiger partial charge in [0.1, 0.15) is 0 Å². The van der Waals surface area contributed by atoms with Crippen LogP contribution in [0, 0.1) is 12.8 Å². The average Bonchev–Trinajstić information content (AvgIpc) is 2.71. The second-order valence-corrected chi connectivity index (χ2v) is 5.81. The number of rotatable bonds is 1. The van der Waals surface area contributed by atoms with Crippen LogP contribution in [0.3, 0.4) is 0 Å². The van der Waals surface area contributed by atoms with Gasteiger partial charge in [-0.2, -0.15) is 0 Å². The molecule has 1 spiro atoms. The minimum atomic E-state index is 0.0587. The molecule has 3 N–H and O–H groups in total. The summed E-state index contributed by atoms with van der Waals surface area (Å²) in [6.45, 7) is 7.30. The van der Waals surface area contributed by atoms with E-state index in [4.69, 9.17) is 5.73 Å². The van der Waals surface area contributed by atoms with E-state index >= 15 is 0 Å². The van der Waals surface area contributed by atoms with Crippen LogP contribution in [0.1, 0.15) is 18.9 Å². The fourth-order valence-electron chi connectivity index (χ4n) is 3.37. The predicted molar refractivity (Wildman–Crippen MR) is 79.5 cm³/mol. The number of nitrogens with two attached hydrogens (primary N) is 1. The summed E-state index contributed by atoms with van der Waals surface area (Å²) in [6.07, 6.45) is 1.09. The third-order valence-corrected chi connectivity index (χ3v) is 4.55. The first-order valence-corrected chi connectivity index (χ1v) is 7.01. The fourth-order valence-corrected chi connectivity index (χ4v) is 3.37. The maximum absolute atomic E-state index is 6.18. The number of guanidine groups is 1. The highest BCUT2D eigenvalue weighted by Gasteiger charge is 2.48. The van der Waals surface area contributed by atoms with Crippen LogP contribution in [-0.4, -0.2) is 31.1 Å². The van der Waals surface area contributed by atoms with Crippen molar-refractivity contribution in [3.05, 3.63) is 29.8 Å². The highest BCUT2D eigenvalue weighted by Crippen LogP contribution is 2.38. The van der Waals surface area contributed by atoms with Crippen LogP contribution in [-0.2, 0) is 0 Å². The largest absolute Gasteiger partial charge is 0.369 e. The van der Waals surface area contributed by atoms with Gasteiger partial charge in [0.2, 0.25) is 0 Å². The Bertz CT molecular complexity index is 511. The first-order chi connectivity index (χ1) is 9.13. The maximum Gasteiger partial charge on any atom is 0.196 e. The molecule has 19 heavy (non-hydrogen) atoms. The lowest BCUT2D eigenvalue weighted by Gasteiger charge is -2.46. The summed E-state index contributed by atoms with van der Waals surface area (Å²) in [7, 11) is 0. The third-order valence-electron chi connectivity index (χ3n) is 4.55. The van der Waals surface area contributed by atoms with Crippen molar-refractivity contribution >= 4 is 11.6 Å². The van der Waals surface area contributed by atoms with E-state index in [0.717, 1.165) is 26.1 Å². The van der Waals surface area contributed by atoms with Crippen LogP contribution in [0.15, 0.2) is 29.3 Å². The zero-order chi connectivity index (χ0) is 13.5. The molecular weight excluding hydrogens is 236 g/mol. The average molecular weight is 258 g/mol. The molecule has 2 atom stereocenters. The van der Waals surface area contributed by atoms with Gasteiger partial charge in [0.15, 0.2) is 5.96 Å². The molecule has 3 rings (SSSR count). The van der Waals surface area contributed by atoms with Gasteiger partial charge in [-0.05, 0) is 43.5 Å². The molecule has 1 aromatic carbocycles. The van der Waals surface area contributed by atoms with Crippen molar-refractivity contribution in [2.75, 3.05) is 24.5 Å². The Morgan fingerprint density at radius 1 is 1.47 bits per heavy atom. The molecule has 0 aromatic heterocycles. The standard InChI is InChI=1S/C15H22N4/c1-11-4-3-5-13(8-11)19-14(16)18-10-15(19)6-7-17-9-12(15)2/h3-5,8,12,17H,6-7,9-10H2,1-2H3,(H2,16,18). The zero-order valence-corrected chi connectivity index (χ0v) is 11.7. The van der Waals surface area contributed by atoms with E-state index in [1.54, 1.807) is 0 Å². The van der Waals surface area contributed by atoms with Crippen LogP contribution < -0.4 is 16.0 Å².